The molecule has 0 aliphatic carbocycles. The molecule has 146 valence electrons. The number of hydrogen-bond acceptors (Lipinski definition) is 6. The van der Waals surface area contributed by atoms with Crippen LogP contribution in [0.25, 0.3) is 21.8 Å². The van der Waals surface area contributed by atoms with Gasteiger partial charge >= 0.3 is 5.97 Å². The molecular weight excluding hydrogens is 378 g/mol. The Bertz CT molecular complexity index is 983. The maximum absolute atomic E-state index is 11.5. The lowest BCUT2D eigenvalue weighted by molar-refractivity contribution is 0.0693. The number of benzene rings is 2. The number of nitrogens with zero attached hydrogens (tertiary/aromatic N) is 1. The van der Waals surface area contributed by atoms with Crippen molar-refractivity contribution in [2.45, 2.75) is 13.8 Å². The molecule has 28 heavy (non-hydrogen) atoms. The molecule has 2 aromatic carbocycles. The van der Waals surface area contributed by atoms with Gasteiger partial charge < -0.3 is 19.3 Å². The monoisotopic (exact) mass is 399 g/mol. The molecule has 7 heteroatoms. The molecule has 3 aromatic rings. The fraction of sp³-hybridized carbons (Fsp3) is 0.238. The number of aromatic carboxylic acids is 1. The number of carbonyl (C=O) groups is 1. The Balaban J connectivity index is 1.95. The predicted octanol–water partition coefficient (Wildman–Crippen LogP) is 4.98. The van der Waals surface area contributed by atoms with E-state index < -0.39 is 5.97 Å². The number of methoxy groups -OCH3 is 1. The molecule has 1 N–H and O–H groups in total. The van der Waals surface area contributed by atoms with Crippen molar-refractivity contribution >= 4 is 17.3 Å². The summed E-state index contributed by atoms with van der Waals surface area (Å²) in [7, 11) is 1.45. The van der Waals surface area contributed by atoms with Crippen molar-refractivity contribution in [3.8, 4) is 39.1 Å². The average molecular weight is 399 g/mol. The third kappa shape index (κ3) is 4.09. The minimum atomic E-state index is -1.04. The van der Waals surface area contributed by atoms with Gasteiger partial charge in [0.15, 0.2) is 11.5 Å². The molecule has 0 saturated heterocycles. The minimum absolute atomic E-state index is 0.106. The summed E-state index contributed by atoms with van der Waals surface area (Å²) >= 11 is 1.48. The van der Waals surface area contributed by atoms with Gasteiger partial charge in [-0.1, -0.05) is 0 Å². The molecule has 0 fully saturated rings. The van der Waals surface area contributed by atoms with Crippen LogP contribution in [0.5, 0.6) is 17.2 Å². The van der Waals surface area contributed by atoms with Crippen LogP contribution in [0.2, 0.25) is 0 Å². The molecule has 0 amide bonds. The molecular formula is C21H21NO5S. The third-order valence-corrected chi connectivity index (χ3v) is 4.91. The van der Waals surface area contributed by atoms with Crippen molar-refractivity contribution in [3.63, 3.8) is 0 Å². The zero-order valence-electron chi connectivity index (χ0n) is 15.9. The molecule has 0 bridgehead atoms. The Morgan fingerprint density at radius 2 is 1.68 bits per heavy atom. The molecule has 3 rings (SSSR count). The highest BCUT2D eigenvalue weighted by atomic mass is 32.1. The van der Waals surface area contributed by atoms with Crippen molar-refractivity contribution in [2.24, 2.45) is 0 Å². The topological polar surface area (TPSA) is 77.9 Å². The van der Waals surface area contributed by atoms with Gasteiger partial charge in [0.1, 0.15) is 16.3 Å². The first kappa shape index (κ1) is 19.7. The quantitative estimate of drug-likeness (QED) is 0.575. The summed E-state index contributed by atoms with van der Waals surface area (Å²) in [5.41, 5.74) is 2.44. The van der Waals surface area contributed by atoms with Crippen LogP contribution in [0.3, 0.4) is 0 Å². The van der Waals surface area contributed by atoms with Crippen LogP contribution in [0.4, 0.5) is 0 Å². The molecule has 1 aromatic heterocycles. The van der Waals surface area contributed by atoms with Gasteiger partial charge in [-0.2, -0.15) is 0 Å². The number of ether oxygens (including phenoxy) is 3. The molecule has 0 aliphatic heterocycles. The van der Waals surface area contributed by atoms with Crippen molar-refractivity contribution in [1.29, 1.82) is 0 Å². The second-order valence-corrected chi connectivity index (χ2v) is 6.64. The van der Waals surface area contributed by atoms with Crippen LogP contribution in [0.1, 0.15) is 24.2 Å². The first-order chi connectivity index (χ1) is 13.6. The predicted molar refractivity (Wildman–Crippen MR) is 109 cm³/mol. The first-order valence-corrected chi connectivity index (χ1v) is 9.72. The van der Waals surface area contributed by atoms with Crippen LogP contribution in [0.15, 0.2) is 41.8 Å². The molecule has 6 nitrogen and oxygen atoms in total. The smallest absolute Gasteiger partial charge is 0.339 e. The van der Waals surface area contributed by atoms with E-state index in [1.54, 1.807) is 18.2 Å². The van der Waals surface area contributed by atoms with Crippen molar-refractivity contribution in [3.05, 3.63) is 47.3 Å². The number of carboxylic acids is 1. The van der Waals surface area contributed by atoms with Crippen LogP contribution >= 0.6 is 11.3 Å². The number of aromatic nitrogens is 1. The van der Waals surface area contributed by atoms with Gasteiger partial charge in [-0.15, -0.1) is 11.3 Å². The van der Waals surface area contributed by atoms with Crippen LogP contribution in [-0.4, -0.2) is 36.4 Å². The second-order valence-electron chi connectivity index (χ2n) is 5.79. The summed E-state index contributed by atoms with van der Waals surface area (Å²) < 4.78 is 16.4. The summed E-state index contributed by atoms with van der Waals surface area (Å²) in [5, 5.41) is 12.1. The number of rotatable bonds is 8. The van der Waals surface area contributed by atoms with Crippen LogP contribution in [-0.2, 0) is 0 Å². The Hall–Kier alpha value is -3.06. The highest BCUT2D eigenvalue weighted by Crippen LogP contribution is 2.36. The molecule has 0 unspecified atom stereocenters. The Labute approximate surface area is 167 Å². The van der Waals surface area contributed by atoms with Crippen molar-refractivity contribution in [2.75, 3.05) is 20.3 Å². The van der Waals surface area contributed by atoms with Gasteiger partial charge in [0, 0.05) is 16.5 Å². The van der Waals surface area contributed by atoms with Gasteiger partial charge in [0.2, 0.25) is 0 Å². The molecule has 0 aliphatic rings. The fourth-order valence-corrected chi connectivity index (χ4v) is 3.58. The molecule has 1 heterocycles. The van der Waals surface area contributed by atoms with Crippen LogP contribution in [0, 0.1) is 0 Å². The SMILES string of the molecule is CCOc1ccc(-c2nc(-c3ccc(OC)c(C(=O)O)c3)cs2)cc1OCC. The van der Waals surface area contributed by atoms with E-state index in [0.29, 0.717) is 36.2 Å². The summed E-state index contributed by atoms with van der Waals surface area (Å²) in [6.45, 7) is 4.95. The molecule has 0 saturated carbocycles. The summed E-state index contributed by atoms with van der Waals surface area (Å²) in [5.74, 6) is 0.656. The Morgan fingerprint density at radius 1 is 1.00 bits per heavy atom. The number of hydrogen-bond donors (Lipinski definition) is 1. The minimum Gasteiger partial charge on any atom is -0.496 e. The zero-order chi connectivity index (χ0) is 20.1. The second kappa shape index (κ2) is 8.75. The van der Waals surface area contributed by atoms with E-state index in [1.807, 2.05) is 37.4 Å². The van der Waals surface area contributed by atoms with Crippen LogP contribution < -0.4 is 14.2 Å². The van der Waals surface area contributed by atoms with E-state index in [9.17, 15) is 9.90 Å². The van der Waals surface area contributed by atoms with E-state index in [2.05, 4.69) is 4.98 Å². The largest absolute Gasteiger partial charge is 0.496 e. The summed E-state index contributed by atoms with van der Waals surface area (Å²) in [6.07, 6.45) is 0. The fourth-order valence-electron chi connectivity index (χ4n) is 2.76. The zero-order valence-corrected chi connectivity index (χ0v) is 16.7. The molecule has 0 spiro atoms. The number of carboxylic acid groups (broad SMARTS) is 1. The summed E-state index contributed by atoms with van der Waals surface area (Å²) in [4.78, 5) is 16.1. The average Bonchev–Trinajstić information content (AvgIpc) is 3.19. The van der Waals surface area contributed by atoms with Gasteiger partial charge in [-0.05, 0) is 50.2 Å². The van der Waals surface area contributed by atoms with E-state index in [-0.39, 0.29) is 5.56 Å². The van der Waals surface area contributed by atoms with Crippen molar-refractivity contribution < 1.29 is 24.1 Å². The highest BCUT2D eigenvalue weighted by Gasteiger charge is 2.15. The Morgan fingerprint density at radius 3 is 2.36 bits per heavy atom. The summed E-state index contributed by atoms with van der Waals surface area (Å²) in [6, 6.07) is 10.7. The third-order valence-electron chi connectivity index (χ3n) is 4.02. The standard InChI is InChI=1S/C21H21NO5S/c1-4-26-18-9-7-14(11-19(18)27-5-2)20-22-16(12-28-20)13-6-8-17(25-3)15(10-13)21(23)24/h6-12H,4-5H2,1-3H3,(H,23,24). The maximum Gasteiger partial charge on any atom is 0.339 e. The lowest BCUT2D eigenvalue weighted by Crippen LogP contribution is -2.00. The highest BCUT2D eigenvalue weighted by molar-refractivity contribution is 7.13. The molecule has 0 radical (unpaired) electrons. The van der Waals surface area contributed by atoms with E-state index in [1.165, 1.54) is 18.4 Å². The first-order valence-electron chi connectivity index (χ1n) is 8.84. The van der Waals surface area contributed by atoms with E-state index in [0.717, 1.165) is 16.1 Å². The van der Waals surface area contributed by atoms with Gasteiger partial charge in [0.25, 0.3) is 0 Å². The lowest BCUT2D eigenvalue weighted by atomic mass is 10.1. The van der Waals surface area contributed by atoms with Gasteiger partial charge in [0.05, 0.1) is 26.0 Å². The van der Waals surface area contributed by atoms with E-state index >= 15 is 0 Å². The maximum atomic E-state index is 11.5. The van der Waals surface area contributed by atoms with E-state index in [4.69, 9.17) is 14.2 Å². The van der Waals surface area contributed by atoms with Crippen molar-refractivity contribution in [1.82, 2.24) is 4.98 Å². The normalized spacial score (nSPS) is 10.5. The number of thiazole rings is 1. The Kier molecular flexibility index (Phi) is 6.16. The van der Waals surface area contributed by atoms with Gasteiger partial charge in [-0.25, -0.2) is 9.78 Å². The lowest BCUT2D eigenvalue weighted by Gasteiger charge is -2.11. The van der Waals surface area contributed by atoms with Gasteiger partial charge in [-0.3, -0.25) is 0 Å². The molecule has 0 atom stereocenters.